The minimum absolute atomic E-state index is 0.0585. The Labute approximate surface area is 166 Å². The quantitative estimate of drug-likeness (QED) is 0.433. The lowest BCUT2D eigenvalue weighted by atomic mass is 9.76. The molecule has 142 valence electrons. The molecule has 27 heavy (non-hydrogen) atoms. The van der Waals surface area contributed by atoms with Gasteiger partial charge in [0, 0.05) is 6.07 Å². The Kier molecular flexibility index (Phi) is 4.37. The number of hydrogen-bond donors (Lipinski definition) is 0. The molecule has 0 aliphatic rings. The highest BCUT2D eigenvalue weighted by molar-refractivity contribution is 5.94. The van der Waals surface area contributed by atoms with E-state index in [4.69, 9.17) is 1.37 Å². The van der Waals surface area contributed by atoms with Crippen molar-refractivity contribution in [1.29, 1.82) is 0 Å². The maximum absolute atomic E-state index is 8.53. The van der Waals surface area contributed by atoms with Crippen LogP contribution in [0.25, 0.3) is 22.0 Å². The molecule has 0 fully saturated rings. The fourth-order valence-corrected chi connectivity index (χ4v) is 3.91. The number of rotatable bonds is 1. The zero-order valence-electron chi connectivity index (χ0n) is 19.4. The second kappa shape index (κ2) is 6.48. The standard InChI is InChI=1S/C26H34N/c1-17-10-11-19-12-13-27(9)24(22(19)14-17)21-15-20(25(3,4)5)16-23(18(21)2)26(6,7)8/h10-16H,1-9H3/q+1/i13D. The van der Waals surface area contributed by atoms with E-state index in [0.717, 1.165) is 11.1 Å². The Morgan fingerprint density at radius 2 is 1.52 bits per heavy atom. The Balaban J connectivity index is 2.51. The van der Waals surface area contributed by atoms with E-state index in [1.54, 1.807) is 0 Å². The van der Waals surface area contributed by atoms with Crippen LogP contribution < -0.4 is 4.57 Å². The molecule has 1 nitrogen and oxygen atoms in total. The average Bonchev–Trinajstić information content (AvgIpc) is 2.55. The van der Waals surface area contributed by atoms with Crippen molar-refractivity contribution in [3.05, 3.63) is 64.8 Å². The maximum atomic E-state index is 8.53. The van der Waals surface area contributed by atoms with Gasteiger partial charge in [-0.15, -0.1) is 0 Å². The molecule has 3 rings (SSSR count). The first-order valence-electron chi connectivity index (χ1n) is 10.4. The van der Waals surface area contributed by atoms with Crippen LogP contribution in [0, 0.1) is 13.8 Å². The van der Waals surface area contributed by atoms with Crippen LogP contribution >= 0.6 is 0 Å². The van der Waals surface area contributed by atoms with E-state index in [9.17, 15) is 0 Å². The summed E-state index contributed by atoms with van der Waals surface area (Å²) in [5, 5.41) is 2.34. The molecule has 0 amide bonds. The second-order valence-electron chi connectivity index (χ2n) is 9.97. The topological polar surface area (TPSA) is 3.88 Å². The van der Waals surface area contributed by atoms with Gasteiger partial charge in [0.1, 0.15) is 8.42 Å². The molecule has 3 aromatic rings. The zero-order chi connectivity index (χ0) is 21.0. The second-order valence-corrected chi connectivity index (χ2v) is 9.97. The predicted molar refractivity (Wildman–Crippen MR) is 117 cm³/mol. The van der Waals surface area contributed by atoms with Crippen LogP contribution in [0.2, 0.25) is 0 Å². The first-order chi connectivity index (χ1) is 12.8. The number of aromatic nitrogens is 1. The summed E-state index contributed by atoms with van der Waals surface area (Å²) in [5.41, 5.74) is 7.77. The van der Waals surface area contributed by atoms with Crippen molar-refractivity contribution < 1.29 is 5.94 Å². The number of nitrogens with zero attached hydrogens (tertiary/aromatic N) is 1. The Morgan fingerprint density at radius 3 is 2.11 bits per heavy atom. The van der Waals surface area contributed by atoms with Gasteiger partial charge in [-0.2, -0.15) is 0 Å². The van der Waals surface area contributed by atoms with E-state index in [1.165, 1.54) is 33.2 Å². The van der Waals surface area contributed by atoms with E-state index in [-0.39, 0.29) is 10.8 Å². The van der Waals surface area contributed by atoms with Gasteiger partial charge in [0.15, 0.2) is 6.17 Å². The van der Waals surface area contributed by atoms with Crippen LogP contribution in [-0.2, 0) is 17.9 Å². The lowest BCUT2D eigenvalue weighted by molar-refractivity contribution is -0.659. The maximum Gasteiger partial charge on any atom is 0.220 e. The highest BCUT2D eigenvalue weighted by Gasteiger charge is 2.27. The van der Waals surface area contributed by atoms with Gasteiger partial charge in [0.05, 0.1) is 10.9 Å². The van der Waals surface area contributed by atoms with Crippen molar-refractivity contribution >= 4 is 10.8 Å². The molecular formula is C26H34N+. The Bertz CT molecular complexity index is 1060. The molecule has 0 aliphatic carbocycles. The number of pyridine rings is 1. The SMILES string of the molecule is [2H]c1cc2ccc(C)cc2c(-c2cc(C(C)(C)C)cc(C(C)(C)C)c2C)[n+]1C. The third kappa shape index (κ3) is 3.65. The van der Waals surface area contributed by atoms with Crippen LogP contribution in [0.4, 0.5) is 0 Å². The van der Waals surface area contributed by atoms with Gasteiger partial charge in [-0.05, 0) is 58.9 Å². The van der Waals surface area contributed by atoms with Crippen molar-refractivity contribution in [3.63, 3.8) is 0 Å². The van der Waals surface area contributed by atoms with Crippen molar-refractivity contribution in [2.75, 3.05) is 0 Å². The van der Waals surface area contributed by atoms with Gasteiger partial charge in [0.25, 0.3) is 0 Å². The third-order valence-electron chi connectivity index (χ3n) is 5.55. The van der Waals surface area contributed by atoms with Crippen LogP contribution in [0.5, 0.6) is 0 Å². The van der Waals surface area contributed by atoms with E-state index < -0.39 is 0 Å². The van der Waals surface area contributed by atoms with Crippen molar-refractivity contribution in [1.82, 2.24) is 0 Å². The smallest absolute Gasteiger partial charge is 0.200 e. The highest BCUT2D eigenvalue weighted by Crippen LogP contribution is 2.38. The highest BCUT2D eigenvalue weighted by atomic mass is 14.9. The number of aryl methyl sites for hydroxylation is 1. The summed E-state index contributed by atoms with van der Waals surface area (Å²) in [6, 6.07) is 13.2. The normalized spacial score (nSPS) is 13.1. The molecule has 0 unspecified atom stereocenters. The third-order valence-corrected chi connectivity index (χ3v) is 5.55. The van der Waals surface area contributed by atoms with Crippen LogP contribution in [0.1, 0.15) is 65.2 Å². The number of hydrogen-bond acceptors (Lipinski definition) is 0. The Morgan fingerprint density at radius 1 is 0.852 bits per heavy atom. The molecule has 2 aromatic carbocycles. The van der Waals surface area contributed by atoms with Gasteiger partial charge >= 0.3 is 0 Å². The van der Waals surface area contributed by atoms with E-state index in [0.29, 0.717) is 6.17 Å². The fourth-order valence-electron chi connectivity index (χ4n) is 3.91. The monoisotopic (exact) mass is 361 g/mol. The van der Waals surface area contributed by atoms with Gasteiger partial charge in [-0.3, -0.25) is 0 Å². The first-order valence-corrected chi connectivity index (χ1v) is 9.86. The molecule has 0 spiro atoms. The van der Waals surface area contributed by atoms with Crippen molar-refractivity contribution in [2.45, 2.75) is 66.2 Å². The summed E-state index contributed by atoms with van der Waals surface area (Å²) in [5.74, 6) is 0. The average molecular weight is 362 g/mol. The van der Waals surface area contributed by atoms with Crippen LogP contribution in [0.3, 0.4) is 0 Å². The molecule has 0 atom stereocenters. The lowest BCUT2D eigenvalue weighted by Gasteiger charge is -2.28. The molecule has 0 saturated heterocycles. The van der Waals surface area contributed by atoms with E-state index >= 15 is 0 Å². The molecule has 0 aliphatic heterocycles. The molecule has 1 heterocycles. The molecule has 1 aromatic heterocycles. The molecule has 0 N–H and O–H groups in total. The lowest BCUT2D eigenvalue weighted by Crippen LogP contribution is -2.31. The van der Waals surface area contributed by atoms with Crippen molar-refractivity contribution in [2.24, 2.45) is 7.05 Å². The van der Waals surface area contributed by atoms with Crippen molar-refractivity contribution in [3.8, 4) is 11.3 Å². The summed E-state index contributed by atoms with van der Waals surface area (Å²) < 4.78 is 10.6. The van der Waals surface area contributed by atoms with Gasteiger partial charge in [0.2, 0.25) is 5.69 Å². The largest absolute Gasteiger partial charge is 0.220 e. The predicted octanol–water partition coefficient (Wildman–Crippen LogP) is 6.54. The van der Waals surface area contributed by atoms with Gasteiger partial charge in [-0.25, -0.2) is 4.57 Å². The fraction of sp³-hybridized carbons (Fsp3) is 0.423. The van der Waals surface area contributed by atoms with E-state index in [1.807, 2.05) is 17.7 Å². The summed E-state index contributed by atoms with van der Waals surface area (Å²) in [4.78, 5) is 0. The minimum atomic E-state index is 0.0585. The molecule has 0 bridgehead atoms. The first kappa shape index (κ1) is 18.2. The summed E-state index contributed by atoms with van der Waals surface area (Å²) in [7, 11) is 2.01. The summed E-state index contributed by atoms with van der Waals surface area (Å²) >= 11 is 0. The van der Waals surface area contributed by atoms with E-state index in [2.05, 4.69) is 85.7 Å². The minimum Gasteiger partial charge on any atom is -0.200 e. The molecule has 0 radical (unpaired) electrons. The zero-order valence-corrected chi connectivity index (χ0v) is 18.4. The number of fused-ring (bicyclic) bond motifs is 1. The number of benzene rings is 2. The molecule has 1 heteroatoms. The Hall–Kier alpha value is -2.15. The molecular weight excluding hydrogens is 326 g/mol. The van der Waals surface area contributed by atoms with Gasteiger partial charge < -0.3 is 0 Å². The summed E-state index contributed by atoms with van der Waals surface area (Å²) in [6.07, 6.45) is 0.532. The summed E-state index contributed by atoms with van der Waals surface area (Å²) in [6.45, 7) is 18.1. The van der Waals surface area contributed by atoms with Crippen LogP contribution in [0.15, 0.2) is 42.6 Å². The molecule has 0 saturated carbocycles. The van der Waals surface area contributed by atoms with Crippen LogP contribution in [-0.4, -0.2) is 0 Å². The van der Waals surface area contributed by atoms with Gasteiger partial charge in [-0.1, -0.05) is 65.3 Å².